The highest BCUT2D eigenvalue weighted by Gasteiger charge is 2.33. The van der Waals surface area contributed by atoms with E-state index >= 15 is 0 Å². The van der Waals surface area contributed by atoms with Gasteiger partial charge in [-0.2, -0.15) is 0 Å². The number of anilines is 1. The average Bonchev–Trinajstić information content (AvgIpc) is 2.93. The number of hydrogen-bond donors (Lipinski definition) is 0. The van der Waals surface area contributed by atoms with Crippen molar-refractivity contribution in [2.24, 2.45) is 5.92 Å². The van der Waals surface area contributed by atoms with E-state index in [9.17, 15) is 19.2 Å². The molecule has 0 bridgehead atoms. The van der Waals surface area contributed by atoms with Crippen LogP contribution in [0.5, 0.6) is 17.2 Å². The van der Waals surface area contributed by atoms with Crippen LogP contribution in [0.25, 0.3) is 0 Å². The van der Waals surface area contributed by atoms with Crippen molar-refractivity contribution in [1.82, 2.24) is 4.90 Å². The normalized spacial score (nSPS) is 16.9. The Morgan fingerprint density at radius 3 is 2.57 bits per heavy atom. The van der Waals surface area contributed by atoms with Gasteiger partial charge in [-0.25, -0.2) is 0 Å². The summed E-state index contributed by atoms with van der Waals surface area (Å²) in [5, 5.41) is 0. The van der Waals surface area contributed by atoms with Gasteiger partial charge < -0.3 is 23.8 Å². The van der Waals surface area contributed by atoms with Crippen LogP contribution in [0.2, 0.25) is 0 Å². The Bertz CT molecular complexity index is 1160. The standard InChI is InChI=1S/C27H30N2O8/c1-3-35-27(33)19-5-4-12-28(14-19)25(31)15-29-22-13-18(6-11-24(22)37-17-26(29)32)23(30)16-36-21-9-7-20(34-2)8-10-21/h6-11,13,19H,3-5,12,14-17H2,1-2H3/t19-/m0/s1. The van der Waals surface area contributed by atoms with Gasteiger partial charge in [0.25, 0.3) is 5.91 Å². The molecule has 2 aromatic carbocycles. The van der Waals surface area contributed by atoms with Crippen molar-refractivity contribution >= 4 is 29.3 Å². The second-order valence-corrected chi connectivity index (χ2v) is 8.77. The summed E-state index contributed by atoms with van der Waals surface area (Å²) in [6.45, 7) is 2.15. The number of rotatable bonds is 9. The van der Waals surface area contributed by atoms with Crippen LogP contribution in [-0.2, 0) is 19.1 Å². The van der Waals surface area contributed by atoms with Crippen LogP contribution in [0, 0.1) is 5.92 Å². The van der Waals surface area contributed by atoms with Gasteiger partial charge in [-0.15, -0.1) is 0 Å². The molecule has 0 spiro atoms. The van der Waals surface area contributed by atoms with Crippen LogP contribution in [0.3, 0.4) is 0 Å². The Kier molecular flexibility index (Phi) is 8.27. The van der Waals surface area contributed by atoms with Crippen LogP contribution in [0.4, 0.5) is 5.69 Å². The molecular formula is C27H30N2O8. The van der Waals surface area contributed by atoms with Gasteiger partial charge in [-0.05, 0) is 62.2 Å². The van der Waals surface area contributed by atoms with E-state index < -0.39 is 0 Å². The van der Waals surface area contributed by atoms with Gasteiger partial charge in [0.2, 0.25) is 5.91 Å². The van der Waals surface area contributed by atoms with Crippen molar-refractivity contribution in [2.75, 3.05) is 51.5 Å². The molecule has 2 heterocycles. The van der Waals surface area contributed by atoms with Crippen molar-refractivity contribution in [1.29, 1.82) is 0 Å². The molecule has 1 atom stereocenters. The molecule has 0 N–H and O–H groups in total. The minimum absolute atomic E-state index is 0.206. The van der Waals surface area contributed by atoms with Crippen molar-refractivity contribution in [3.63, 3.8) is 0 Å². The molecule has 10 heteroatoms. The number of fused-ring (bicyclic) bond motifs is 1. The fourth-order valence-corrected chi connectivity index (χ4v) is 4.34. The fourth-order valence-electron chi connectivity index (χ4n) is 4.34. The van der Waals surface area contributed by atoms with Crippen molar-refractivity contribution in [2.45, 2.75) is 19.8 Å². The minimum Gasteiger partial charge on any atom is -0.497 e. The van der Waals surface area contributed by atoms with E-state index in [1.807, 2.05) is 0 Å². The third-order valence-electron chi connectivity index (χ3n) is 6.34. The molecule has 196 valence electrons. The molecule has 1 saturated heterocycles. The van der Waals surface area contributed by atoms with Gasteiger partial charge >= 0.3 is 5.97 Å². The summed E-state index contributed by atoms with van der Waals surface area (Å²) in [6.07, 6.45) is 1.34. The molecule has 2 aliphatic heterocycles. The molecule has 0 aromatic heterocycles. The summed E-state index contributed by atoms with van der Waals surface area (Å²) in [5.41, 5.74) is 0.669. The molecule has 4 rings (SSSR count). The number of ether oxygens (including phenoxy) is 4. The molecule has 10 nitrogen and oxygen atoms in total. The highest BCUT2D eigenvalue weighted by atomic mass is 16.5. The summed E-state index contributed by atoms with van der Waals surface area (Å²) in [6, 6.07) is 11.6. The number of hydrogen-bond acceptors (Lipinski definition) is 8. The number of benzene rings is 2. The van der Waals surface area contributed by atoms with E-state index in [0.29, 0.717) is 47.9 Å². The molecule has 37 heavy (non-hydrogen) atoms. The Morgan fingerprint density at radius 2 is 1.84 bits per heavy atom. The first-order valence-electron chi connectivity index (χ1n) is 12.2. The lowest BCUT2D eigenvalue weighted by Gasteiger charge is -2.34. The Balaban J connectivity index is 1.44. The third-order valence-corrected chi connectivity index (χ3v) is 6.34. The van der Waals surface area contributed by atoms with Crippen molar-refractivity contribution in [3.05, 3.63) is 48.0 Å². The Labute approximate surface area is 215 Å². The van der Waals surface area contributed by atoms with E-state index in [0.717, 1.165) is 0 Å². The Hall–Kier alpha value is -4.08. The minimum atomic E-state index is -0.390. The summed E-state index contributed by atoms with van der Waals surface area (Å²) in [5.74, 6) is -0.0601. The number of Topliss-reactive ketones (excluding diaryl/α,β-unsaturated/α-hetero) is 1. The predicted octanol–water partition coefficient (Wildman–Crippen LogP) is 2.48. The summed E-state index contributed by atoms with van der Waals surface area (Å²) < 4.78 is 21.3. The molecule has 0 saturated carbocycles. The first kappa shape index (κ1) is 26.0. The van der Waals surface area contributed by atoms with Crippen molar-refractivity contribution in [3.8, 4) is 17.2 Å². The predicted molar refractivity (Wildman–Crippen MR) is 133 cm³/mol. The number of methoxy groups -OCH3 is 1. The SMILES string of the molecule is CCOC(=O)[C@H]1CCCN(C(=O)CN2C(=O)COc3ccc(C(=O)COc4ccc(OC)cc4)cc32)C1. The quantitative estimate of drug-likeness (QED) is 0.374. The third kappa shape index (κ3) is 6.19. The lowest BCUT2D eigenvalue weighted by molar-refractivity contribution is -0.151. The first-order chi connectivity index (χ1) is 17.9. The van der Waals surface area contributed by atoms with Crippen LogP contribution in [-0.4, -0.2) is 75.0 Å². The number of carbonyl (C=O) groups excluding carboxylic acids is 4. The van der Waals surface area contributed by atoms with E-state index in [4.69, 9.17) is 18.9 Å². The number of carbonyl (C=O) groups is 4. The maximum atomic E-state index is 13.1. The molecular weight excluding hydrogens is 480 g/mol. The second kappa shape index (κ2) is 11.8. The summed E-state index contributed by atoms with van der Waals surface area (Å²) >= 11 is 0. The molecule has 0 unspecified atom stereocenters. The molecule has 2 aliphatic rings. The molecule has 0 radical (unpaired) electrons. The zero-order valence-electron chi connectivity index (χ0n) is 20.9. The molecule has 0 aliphatic carbocycles. The number of amides is 2. The second-order valence-electron chi connectivity index (χ2n) is 8.77. The van der Waals surface area contributed by atoms with E-state index in [1.54, 1.807) is 55.3 Å². The van der Waals surface area contributed by atoms with Gasteiger partial charge in [-0.3, -0.25) is 24.1 Å². The highest BCUT2D eigenvalue weighted by Crippen LogP contribution is 2.33. The number of esters is 1. The lowest BCUT2D eigenvalue weighted by Crippen LogP contribution is -2.49. The van der Waals surface area contributed by atoms with E-state index in [-0.39, 0.29) is 62.4 Å². The molecule has 2 aromatic rings. The number of ketones is 1. The average molecular weight is 511 g/mol. The van der Waals surface area contributed by atoms with E-state index in [2.05, 4.69) is 0 Å². The zero-order valence-corrected chi connectivity index (χ0v) is 20.9. The van der Waals surface area contributed by atoms with Crippen molar-refractivity contribution < 1.29 is 38.1 Å². The number of nitrogens with zero attached hydrogens (tertiary/aromatic N) is 2. The van der Waals surface area contributed by atoms with Gasteiger partial charge in [-0.1, -0.05) is 0 Å². The Morgan fingerprint density at radius 1 is 1.08 bits per heavy atom. The zero-order chi connectivity index (χ0) is 26.4. The lowest BCUT2D eigenvalue weighted by atomic mass is 9.98. The maximum absolute atomic E-state index is 13.1. The fraction of sp³-hybridized carbons (Fsp3) is 0.407. The first-order valence-corrected chi connectivity index (χ1v) is 12.2. The van der Waals surface area contributed by atoms with Gasteiger partial charge in [0.1, 0.15) is 23.8 Å². The number of piperidine rings is 1. The van der Waals surface area contributed by atoms with Crippen LogP contribution in [0.1, 0.15) is 30.1 Å². The largest absolute Gasteiger partial charge is 0.497 e. The highest BCUT2D eigenvalue weighted by molar-refractivity contribution is 6.04. The molecule has 2 amide bonds. The monoisotopic (exact) mass is 510 g/mol. The topological polar surface area (TPSA) is 112 Å². The summed E-state index contributed by atoms with van der Waals surface area (Å²) in [4.78, 5) is 53.7. The van der Waals surface area contributed by atoms with Crippen LogP contribution >= 0.6 is 0 Å². The van der Waals surface area contributed by atoms with Gasteiger partial charge in [0.05, 0.1) is 25.3 Å². The number of likely N-dealkylation sites (tertiary alicyclic amines) is 1. The van der Waals surface area contributed by atoms with E-state index in [1.165, 1.54) is 11.0 Å². The van der Waals surface area contributed by atoms with Crippen LogP contribution in [0.15, 0.2) is 42.5 Å². The van der Waals surface area contributed by atoms with Gasteiger partial charge in [0, 0.05) is 18.7 Å². The molecule has 1 fully saturated rings. The van der Waals surface area contributed by atoms with Crippen LogP contribution < -0.4 is 19.1 Å². The van der Waals surface area contributed by atoms with Gasteiger partial charge in [0.15, 0.2) is 19.0 Å². The smallest absolute Gasteiger partial charge is 0.310 e. The summed E-state index contributed by atoms with van der Waals surface area (Å²) in [7, 11) is 1.56. The maximum Gasteiger partial charge on any atom is 0.310 e.